The Morgan fingerprint density at radius 2 is 1.86 bits per heavy atom. The minimum atomic E-state index is 0.0400. The number of rotatable bonds is 5. The van der Waals surface area contributed by atoms with Gasteiger partial charge in [0.1, 0.15) is 18.5 Å². The Labute approximate surface area is 124 Å². The average Bonchev–Trinajstić information content (AvgIpc) is 2.55. The third kappa shape index (κ3) is 3.47. The maximum atomic E-state index is 5.90. The van der Waals surface area contributed by atoms with Gasteiger partial charge in [-0.25, -0.2) is 0 Å². The van der Waals surface area contributed by atoms with Crippen LogP contribution < -0.4 is 19.5 Å². The molecule has 0 aromatic heterocycles. The number of hydrogen-bond donors (Lipinski definition) is 1. The molecule has 1 N–H and O–H groups in total. The van der Waals surface area contributed by atoms with E-state index in [4.69, 9.17) is 14.2 Å². The van der Waals surface area contributed by atoms with E-state index in [1.165, 1.54) is 5.56 Å². The number of fused-ring (bicyclic) bond motifs is 1. The number of nitrogens with one attached hydrogen (secondary N) is 1. The molecule has 4 heteroatoms. The van der Waals surface area contributed by atoms with Crippen LogP contribution in [0.25, 0.3) is 0 Å². The fourth-order valence-corrected chi connectivity index (χ4v) is 2.28. The Morgan fingerprint density at radius 3 is 2.62 bits per heavy atom. The number of para-hydroxylation sites is 2. The van der Waals surface area contributed by atoms with Gasteiger partial charge in [-0.2, -0.15) is 0 Å². The highest BCUT2D eigenvalue weighted by Gasteiger charge is 2.19. The normalized spacial score (nSPS) is 16.5. The monoisotopic (exact) mass is 285 g/mol. The Balaban J connectivity index is 1.48. The summed E-state index contributed by atoms with van der Waals surface area (Å²) in [6.07, 6.45) is 0.0400. The van der Waals surface area contributed by atoms with Gasteiger partial charge < -0.3 is 19.5 Å². The molecule has 1 aliphatic heterocycles. The van der Waals surface area contributed by atoms with Gasteiger partial charge in [-0.1, -0.05) is 24.3 Å². The highest BCUT2D eigenvalue weighted by atomic mass is 16.6. The molecule has 2 aromatic carbocycles. The molecule has 4 nitrogen and oxygen atoms in total. The first-order valence-corrected chi connectivity index (χ1v) is 7.07. The lowest BCUT2D eigenvalue weighted by molar-refractivity contribution is 0.0902. The van der Waals surface area contributed by atoms with Gasteiger partial charge in [0.15, 0.2) is 11.5 Å². The van der Waals surface area contributed by atoms with Crippen molar-refractivity contribution in [3.05, 3.63) is 54.1 Å². The van der Waals surface area contributed by atoms with Crippen molar-refractivity contribution in [1.29, 1.82) is 0 Å². The van der Waals surface area contributed by atoms with Crippen LogP contribution in [0.2, 0.25) is 0 Å². The fourth-order valence-electron chi connectivity index (χ4n) is 2.28. The van der Waals surface area contributed by atoms with Crippen molar-refractivity contribution in [2.75, 3.05) is 20.3 Å². The molecule has 1 heterocycles. The third-order valence-electron chi connectivity index (χ3n) is 3.43. The summed E-state index contributed by atoms with van der Waals surface area (Å²) in [5.41, 5.74) is 1.22. The Bertz CT molecular complexity index is 583. The molecule has 2 aromatic rings. The van der Waals surface area contributed by atoms with Crippen molar-refractivity contribution in [3.8, 4) is 17.2 Å². The first-order valence-electron chi connectivity index (χ1n) is 7.07. The Kier molecular flexibility index (Phi) is 4.26. The summed E-state index contributed by atoms with van der Waals surface area (Å²) in [6, 6.07) is 15.8. The lowest BCUT2D eigenvalue weighted by atomic mass is 10.2. The summed E-state index contributed by atoms with van der Waals surface area (Å²) >= 11 is 0. The number of methoxy groups -OCH3 is 1. The average molecular weight is 285 g/mol. The van der Waals surface area contributed by atoms with Gasteiger partial charge in [0, 0.05) is 13.1 Å². The molecule has 0 saturated heterocycles. The van der Waals surface area contributed by atoms with Crippen molar-refractivity contribution < 1.29 is 14.2 Å². The van der Waals surface area contributed by atoms with E-state index in [2.05, 4.69) is 17.4 Å². The van der Waals surface area contributed by atoms with Crippen LogP contribution in [0.4, 0.5) is 0 Å². The standard InChI is InChI=1S/C17H19NO3/c1-19-14-8-6-13(7-9-14)10-18-11-15-12-20-16-4-2-3-5-17(16)21-15/h2-9,15,18H,10-12H2,1H3. The van der Waals surface area contributed by atoms with E-state index in [9.17, 15) is 0 Å². The van der Waals surface area contributed by atoms with Crippen molar-refractivity contribution in [2.45, 2.75) is 12.6 Å². The van der Waals surface area contributed by atoms with Crippen LogP contribution in [-0.4, -0.2) is 26.4 Å². The van der Waals surface area contributed by atoms with Crippen LogP contribution in [-0.2, 0) is 6.54 Å². The quantitative estimate of drug-likeness (QED) is 0.916. The molecule has 21 heavy (non-hydrogen) atoms. The van der Waals surface area contributed by atoms with Gasteiger partial charge >= 0.3 is 0 Å². The molecule has 110 valence electrons. The first-order chi connectivity index (χ1) is 10.3. The first kappa shape index (κ1) is 13.8. The molecule has 0 amide bonds. The molecule has 1 atom stereocenters. The SMILES string of the molecule is COc1ccc(CNCC2COc3ccccc3O2)cc1. The zero-order chi connectivity index (χ0) is 14.5. The van der Waals surface area contributed by atoms with Crippen LogP contribution >= 0.6 is 0 Å². The molecule has 0 saturated carbocycles. The van der Waals surface area contributed by atoms with Gasteiger partial charge in [-0.3, -0.25) is 0 Å². The highest BCUT2D eigenvalue weighted by Crippen LogP contribution is 2.30. The van der Waals surface area contributed by atoms with Crippen LogP contribution in [0, 0.1) is 0 Å². The van der Waals surface area contributed by atoms with E-state index in [-0.39, 0.29) is 6.10 Å². The van der Waals surface area contributed by atoms with Crippen molar-refractivity contribution in [1.82, 2.24) is 5.32 Å². The smallest absolute Gasteiger partial charge is 0.161 e. The second kappa shape index (κ2) is 6.50. The number of benzene rings is 2. The molecule has 1 aliphatic rings. The molecule has 0 aliphatic carbocycles. The highest BCUT2D eigenvalue weighted by molar-refractivity contribution is 5.40. The molecule has 0 fully saturated rings. The van der Waals surface area contributed by atoms with Gasteiger partial charge in [0.05, 0.1) is 7.11 Å². The van der Waals surface area contributed by atoms with E-state index in [0.717, 1.165) is 30.3 Å². The van der Waals surface area contributed by atoms with E-state index in [0.29, 0.717) is 6.61 Å². The Hall–Kier alpha value is -2.20. The zero-order valence-electron chi connectivity index (χ0n) is 12.0. The summed E-state index contributed by atoms with van der Waals surface area (Å²) < 4.78 is 16.7. The second-order valence-corrected chi connectivity index (χ2v) is 4.98. The number of hydrogen-bond acceptors (Lipinski definition) is 4. The van der Waals surface area contributed by atoms with Crippen molar-refractivity contribution >= 4 is 0 Å². The lowest BCUT2D eigenvalue weighted by Gasteiger charge is -2.26. The number of ether oxygens (including phenoxy) is 3. The van der Waals surface area contributed by atoms with E-state index >= 15 is 0 Å². The van der Waals surface area contributed by atoms with Gasteiger partial charge in [-0.05, 0) is 29.8 Å². The molecular formula is C17H19NO3. The van der Waals surface area contributed by atoms with E-state index < -0.39 is 0 Å². The van der Waals surface area contributed by atoms with Crippen LogP contribution in [0.5, 0.6) is 17.2 Å². The molecule has 0 spiro atoms. The lowest BCUT2D eigenvalue weighted by Crippen LogP contribution is -2.38. The van der Waals surface area contributed by atoms with Crippen LogP contribution in [0.1, 0.15) is 5.56 Å². The largest absolute Gasteiger partial charge is 0.497 e. The second-order valence-electron chi connectivity index (χ2n) is 4.98. The van der Waals surface area contributed by atoms with Crippen LogP contribution in [0.3, 0.4) is 0 Å². The summed E-state index contributed by atoms with van der Waals surface area (Å²) in [4.78, 5) is 0. The summed E-state index contributed by atoms with van der Waals surface area (Å²) in [5.74, 6) is 2.52. The maximum absolute atomic E-state index is 5.90. The summed E-state index contributed by atoms with van der Waals surface area (Å²) in [5, 5.41) is 3.39. The molecule has 3 rings (SSSR count). The van der Waals surface area contributed by atoms with Crippen molar-refractivity contribution in [3.63, 3.8) is 0 Å². The van der Waals surface area contributed by atoms with Gasteiger partial charge in [0.25, 0.3) is 0 Å². The van der Waals surface area contributed by atoms with E-state index in [1.54, 1.807) is 7.11 Å². The van der Waals surface area contributed by atoms with Crippen LogP contribution in [0.15, 0.2) is 48.5 Å². The van der Waals surface area contributed by atoms with Gasteiger partial charge in [-0.15, -0.1) is 0 Å². The predicted molar refractivity (Wildman–Crippen MR) is 81.1 cm³/mol. The molecule has 0 radical (unpaired) electrons. The summed E-state index contributed by atoms with van der Waals surface area (Å²) in [6.45, 7) is 2.12. The topological polar surface area (TPSA) is 39.7 Å². The Morgan fingerprint density at radius 1 is 1.10 bits per heavy atom. The fraction of sp³-hybridized carbons (Fsp3) is 0.294. The van der Waals surface area contributed by atoms with E-state index in [1.807, 2.05) is 36.4 Å². The minimum Gasteiger partial charge on any atom is -0.497 e. The zero-order valence-corrected chi connectivity index (χ0v) is 12.0. The predicted octanol–water partition coefficient (Wildman–Crippen LogP) is 2.62. The molecule has 0 bridgehead atoms. The minimum absolute atomic E-state index is 0.0400. The van der Waals surface area contributed by atoms with Crippen molar-refractivity contribution in [2.24, 2.45) is 0 Å². The third-order valence-corrected chi connectivity index (χ3v) is 3.43. The molecule has 1 unspecified atom stereocenters. The maximum Gasteiger partial charge on any atom is 0.161 e. The molecular weight excluding hydrogens is 266 g/mol. The summed E-state index contributed by atoms with van der Waals surface area (Å²) in [7, 11) is 1.67. The van der Waals surface area contributed by atoms with Gasteiger partial charge in [0.2, 0.25) is 0 Å².